The van der Waals surface area contributed by atoms with Gasteiger partial charge in [0.15, 0.2) is 0 Å². The first-order chi connectivity index (χ1) is 10.4. The summed E-state index contributed by atoms with van der Waals surface area (Å²) in [7, 11) is -2.73. The Balaban J connectivity index is 1.96. The molecule has 0 radical (unpaired) electrons. The zero-order valence-corrected chi connectivity index (χ0v) is 14.3. The van der Waals surface area contributed by atoms with Crippen molar-refractivity contribution < 1.29 is 8.49 Å². The molecule has 0 fully saturated rings. The summed E-state index contributed by atoms with van der Waals surface area (Å²) in [6.07, 6.45) is 0. The predicted molar refractivity (Wildman–Crippen MR) is 96.6 cm³/mol. The van der Waals surface area contributed by atoms with Gasteiger partial charge in [-0.25, -0.2) is 4.21 Å². The lowest BCUT2D eigenvalue weighted by atomic mass is 10.2. The summed E-state index contributed by atoms with van der Waals surface area (Å²) in [4.78, 5) is 1.06. The average Bonchev–Trinajstić information content (AvgIpc) is 2.48. The molecule has 22 heavy (non-hydrogen) atoms. The summed E-state index contributed by atoms with van der Waals surface area (Å²) >= 11 is 1.47. The van der Waals surface area contributed by atoms with Crippen molar-refractivity contribution in [1.29, 1.82) is 0 Å². The van der Waals surface area contributed by atoms with Gasteiger partial charge in [-0.15, -0.1) is 0 Å². The lowest BCUT2D eigenvalue weighted by Gasteiger charge is -2.07. The first-order valence-corrected chi connectivity index (χ1v) is 9.45. The molecule has 0 aliphatic rings. The van der Waals surface area contributed by atoms with Crippen LogP contribution >= 0.6 is 11.8 Å². The first kappa shape index (κ1) is 16.6. The molecule has 0 N–H and O–H groups in total. The summed E-state index contributed by atoms with van der Waals surface area (Å²) in [5.41, 5.74) is 2.13. The summed E-state index contributed by atoms with van der Waals surface area (Å²) in [5.74, 6) is 3.89. The second-order valence-electron chi connectivity index (χ2n) is 4.97. The van der Waals surface area contributed by atoms with Crippen LogP contribution in [0.5, 0.6) is 0 Å². The minimum Gasteiger partial charge on any atom is -0.303 e. The van der Waals surface area contributed by atoms with E-state index < -0.39 is 9.80 Å². The molecule has 0 aliphatic carbocycles. The van der Waals surface area contributed by atoms with E-state index in [2.05, 4.69) is 11.0 Å². The van der Waals surface area contributed by atoms with E-state index in [1.807, 2.05) is 68.4 Å². The molecule has 0 heterocycles. The van der Waals surface area contributed by atoms with Crippen molar-refractivity contribution >= 4 is 32.5 Å². The van der Waals surface area contributed by atoms with E-state index in [4.69, 9.17) is 4.28 Å². The molecule has 0 aromatic heterocycles. The van der Waals surface area contributed by atoms with E-state index in [9.17, 15) is 4.21 Å². The largest absolute Gasteiger partial charge is 0.303 e. The van der Waals surface area contributed by atoms with Gasteiger partial charge in [-0.05, 0) is 37.4 Å². The highest BCUT2D eigenvalue weighted by Gasteiger charge is 2.07. The van der Waals surface area contributed by atoms with E-state index in [1.165, 1.54) is 17.3 Å². The Morgan fingerprint density at radius 2 is 1.82 bits per heavy atom. The second kappa shape index (κ2) is 7.51. The molecule has 116 valence electrons. The number of thioether (sulfide) groups is 1. The van der Waals surface area contributed by atoms with Crippen molar-refractivity contribution in [2.24, 2.45) is 5.16 Å². The third-order valence-electron chi connectivity index (χ3n) is 2.82. The van der Waals surface area contributed by atoms with Crippen LogP contribution in [0.3, 0.4) is 0 Å². The molecule has 2 aromatic rings. The van der Waals surface area contributed by atoms with Crippen LogP contribution in [-0.4, -0.2) is 15.1 Å². The van der Waals surface area contributed by atoms with Crippen LogP contribution in [0.15, 0.2) is 64.6 Å². The quantitative estimate of drug-likeness (QED) is 0.270. The Morgan fingerprint density at radius 1 is 1.18 bits per heavy atom. The lowest BCUT2D eigenvalue weighted by molar-refractivity contribution is 0.371. The highest BCUT2D eigenvalue weighted by atomic mass is 32.2. The Morgan fingerprint density at radius 3 is 2.45 bits per heavy atom. The van der Waals surface area contributed by atoms with Gasteiger partial charge in [0.1, 0.15) is 14.8 Å². The molecule has 0 bridgehead atoms. The third kappa shape index (κ3) is 5.58. The van der Waals surface area contributed by atoms with E-state index in [0.717, 1.165) is 10.5 Å². The van der Waals surface area contributed by atoms with Crippen LogP contribution in [0.1, 0.15) is 18.1 Å². The summed E-state index contributed by atoms with van der Waals surface area (Å²) in [6, 6.07) is 17.6. The van der Waals surface area contributed by atoms with Gasteiger partial charge >= 0.3 is 0 Å². The number of oxime groups is 1. The zero-order chi connectivity index (χ0) is 16.0. The molecule has 3 nitrogen and oxygen atoms in total. The fourth-order valence-electron chi connectivity index (χ4n) is 1.77. The molecule has 0 saturated carbocycles. The van der Waals surface area contributed by atoms with Crippen molar-refractivity contribution in [2.75, 3.05) is 0 Å². The van der Waals surface area contributed by atoms with Crippen molar-refractivity contribution in [3.63, 3.8) is 0 Å². The Kier molecular flexibility index (Phi) is 5.69. The van der Waals surface area contributed by atoms with E-state index in [-0.39, 0.29) is 5.75 Å². The predicted octanol–water partition coefficient (Wildman–Crippen LogP) is 4.27. The molecule has 0 spiro atoms. The third-order valence-corrected chi connectivity index (χ3v) is 4.81. The monoisotopic (exact) mass is 333 g/mol. The summed E-state index contributed by atoms with van der Waals surface area (Å²) in [6.45, 7) is 3.86. The molecule has 2 aromatic carbocycles. The minimum atomic E-state index is -2.73. The van der Waals surface area contributed by atoms with E-state index in [1.54, 1.807) is 0 Å². The smallest absolute Gasteiger partial charge is 0.149 e. The maximum Gasteiger partial charge on any atom is 0.149 e. The van der Waals surface area contributed by atoms with Crippen molar-refractivity contribution in [2.45, 2.75) is 24.5 Å². The second-order valence-corrected chi connectivity index (χ2v) is 8.16. The molecule has 0 aliphatic heterocycles. The maximum atomic E-state index is 12.3. The highest BCUT2D eigenvalue weighted by molar-refractivity contribution is 8.13. The van der Waals surface area contributed by atoms with Crippen LogP contribution in [0.25, 0.3) is 0 Å². The van der Waals surface area contributed by atoms with Crippen molar-refractivity contribution in [3.8, 4) is 0 Å². The molecule has 5 heteroatoms. The van der Waals surface area contributed by atoms with E-state index in [0.29, 0.717) is 5.04 Å². The number of hydrogen-bond donors (Lipinski definition) is 0. The van der Waals surface area contributed by atoms with Crippen LogP contribution in [-0.2, 0) is 19.8 Å². The van der Waals surface area contributed by atoms with Crippen LogP contribution in [0.4, 0.5) is 0 Å². The Labute approximate surface area is 136 Å². The number of hydrogen-bond acceptors (Lipinski definition) is 4. The van der Waals surface area contributed by atoms with Crippen LogP contribution in [0.2, 0.25) is 0 Å². The Hall–Kier alpha value is -1.72. The highest BCUT2D eigenvalue weighted by Crippen LogP contribution is 2.20. The molecular weight excluding hydrogens is 314 g/mol. The van der Waals surface area contributed by atoms with Gasteiger partial charge in [-0.2, -0.15) is 0 Å². The van der Waals surface area contributed by atoms with Crippen LogP contribution < -0.4 is 0 Å². The normalized spacial score (nSPS) is 14.4. The topological polar surface area (TPSA) is 38.7 Å². The van der Waals surface area contributed by atoms with Gasteiger partial charge in [-0.1, -0.05) is 64.9 Å². The van der Waals surface area contributed by atoms with Crippen molar-refractivity contribution in [1.82, 2.24) is 0 Å². The van der Waals surface area contributed by atoms with Gasteiger partial charge in [0.2, 0.25) is 0 Å². The zero-order valence-electron chi connectivity index (χ0n) is 12.7. The number of aryl methyl sites for hydroxylation is 1. The van der Waals surface area contributed by atoms with Crippen LogP contribution in [0, 0.1) is 6.92 Å². The lowest BCUT2D eigenvalue weighted by Crippen LogP contribution is -2.06. The van der Waals surface area contributed by atoms with Gasteiger partial charge in [0.25, 0.3) is 0 Å². The molecule has 1 atom stereocenters. The molecule has 0 saturated heterocycles. The first-order valence-electron chi connectivity index (χ1n) is 6.81. The number of rotatable bonds is 5. The SMILES string of the molecule is C=S(=O)(Cc1ccccc1)O/N=C(/C)Sc1ccc(C)cc1. The standard InChI is InChI=1S/C17H19NO2S2/c1-14-9-11-17(12-10-14)21-15(2)18-20-22(3,19)13-16-7-5-4-6-8-16/h4-12H,3,13H2,1-2H3/b18-15-. The minimum absolute atomic E-state index is 0.250. The Bertz CT molecular complexity index is 736. The number of nitrogens with zero attached hydrogens (tertiary/aromatic N) is 1. The van der Waals surface area contributed by atoms with Gasteiger partial charge < -0.3 is 4.28 Å². The van der Waals surface area contributed by atoms with Gasteiger partial charge in [0, 0.05) is 4.90 Å². The molecule has 1 unspecified atom stereocenters. The molecule has 2 rings (SSSR count). The molecule has 0 amide bonds. The fraction of sp³-hybridized carbons (Fsp3) is 0.176. The molecular formula is C17H19NO2S2. The fourth-order valence-corrected chi connectivity index (χ4v) is 3.51. The van der Waals surface area contributed by atoms with Gasteiger partial charge in [-0.3, -0.25) is 0 Å². The van der Waals surface area contributed by atoms with E-state index >= 15 is 0 Å². The van der Waals surface area contributed by atoms with Crippen molar-refractivity contribution in [3.05, 3.63) is 65.7 Å². The maximum absolute atomic E-state index is 12.3. The average molecular weight is 333 g/mol. The summed E-state index contributed by atoms with van der Waals surface area (Å²) < 4.78 is 17.5. The number of benzene rings is 2. The summed E-state index contributed by atoms with van der Waals surface area (Å²) in [5, 5.41) is 4.64. The van der Waals surface area contributed by atoms with Gasteiger partial charge in [0.05, 0.1) is 5.75 Å².